The van der Waals surface area contributed by atoms with E-state index in [0.717, 1.165) is 30.0 Å². The van der Waals surface area contributed by atoms with Gasteiger partial charge in [-0.25, -0.2) is 4.79 Å². The highest BCUT2D eigenvalue weighted by molar-refractivity contribution is 5.84. The Morgan fingerprint density at radius 3 is 2.12 bits per heavy atom. The lowest BCUT2D eigenvalue weighted by Crippen LogP contribution is -2.62. The molecule has 24 heavy (non-hydrogen) atoms. The second kappa shape index (κ2) is 5.06. The van der Waals surface area contributed by atoms with Crippen molar-refractivity contribution in [3.05, 3.63) is 59.7 Å². The molecule has 3 heterocycles. The normalized spacial score (nSPS) is 26.1. The monoisotopic (exact) mass is 322 g/mol. The van der Waals surface area contributed by atoms with Crippen molar-refractivity contribution in [2.75, 3.05) is 19.7 Å². The number of carbonyl (C=O) groups is 1. The quantitative estimate of drug-likeness (QED) is 0.548. The second-order valence-corrected chi connectivity index (χ2v) is 6.55. The fourth-order valence-corrected chi connectivity index (χ4v) is 4.01. The second-order valence-electron chi connectivity index (χ2n) is 6.55. The number of esters is 1. The van der Waals surface area contributed by atoms with Gasteiger partial charge in [-0.05, 0) is 12.1 Å². The van der Waals surface area contributed by atoms with Crippen molar-refractivity contribution in [3.63, 3.8) is 0 Å². The summed E-state index contributed by atoms with van der Waals surface area (Å²) in [7, 11) is 0. The van der Waals surface area contributed by atoms with Gasteiger partial charge in [0.05, 0.1) is 0 Å². The maximum absolute atomic E-state index is 13.1. The molecule has 2 aromatic rings. The predicted molar refractivity (Wildman–Crippen MR) is 87.6 cm³/mol. The van der Waals surface area contributed by atoms with Crippen LogP contribution in [0.25, 0.3) is 0 Å². The first-order chi connectivity index (χ1) is 11.8. The average molecular weight is 322 g/mol. The van der Waals surface area contributed by atoms with Crippen LogP contribution >= 0.6 is 0 Å². The van der Waals surface area contributed by atoms with Gasteiger partial charge < -0.3 is 9.47 Å². The van der Waals surface area contributed by atoms with Gasteiger partial charge in [-0.15, -0.1) is 0 Å². The standard InChI is InChI=1S/C19H18N2O3/c22-18-19-13-23-16-7-3-1-5-14(16)11-20(19)9-10-21(19)12-15-6-2-4-8-17(15)24-18/h1-8H,9-13H2. The number of rotatable bonds is 0. The summed E-state index contributed by atoms with van der Waals surface area (Å²) in [6, 6.07) is 15.8. The summed E-state index contributed by atoms with van der Waals surface area (Å²) < 4.78 is 11.8. The third-order valence-electron chi connectivity index (χ3n) is 5.31. The molecule has 0 saturated carbocycles. The molecule has 5 nitrogen and oxygen atoms in total. The Morgan fingerprint density at radius 1 is 0.833 bits per heavy atom. The molecule has 122 valence electrons. The minimum absolute atomic E-state index is 0.238. The Hall–Kier alpha value is -2.37. The fourth-order valence-electron chi connectivity index (χ4n) is 4.01. The van der Waals surface area contributed by atoms with Crippen molar-refractivity contribution in [2.45, 2.75) is 18.8 Å². The largest absolute Gasteiger partial charge is 0.489 e. The molecule has 1 unspecified atom stereocenters. The molecule has 5 heteroatoms. The molecule has 0 aromatic heterocycles. The number of hydrogen-bond acceptors (Lipinski definition) is 5. The van der Waals surface area contributed by atoms with E-state index in [1.54, 1.807) is 0 Å². The van der Waals surface area contributed by atoms with Gasteiger partial charge in [0.25, 0.3) is 0 Å². The highest BCUT2D eigenvalue weighted by Crippen LogP contribution is 2.40. The van der Waals surface area contributed by atoms with Crippen molar-refractivity contribution in [1.29, 1.82) is 0 Å². The van der Waals surface area contributed by atoms with Crippen LogP contribution in [0, 0.1) is 0 Å². The Balaban J connectivity index is 1.59. The van der Waals surface area contributed by atoms with Crippen molar-refractivity contribution in [1.82, 2.24) is 9.80 Å². The molecule has 5 rings (SSSR count). The van der Waals surface area contributed by atoms with Gasteiger partial charge in [-0.2, -0.15) is 0 Å². The molecular formula is C19H18N2O3. The van der Waals surface area contributed by atoms with E-state index in [1.165, 1.54) is 0 Å². The number of para-hydroxylation sites is 2. The molecule has 3 aliphatic heterocycles. The summed E-state index contributed by atoms with van der Waals surface area (Å²) in [5, 5.41) is 0. The summed E-state index contributed by atoms with van der Waals surface area (Å²) in [5.74, 6) is 1.28. The zero-order valence-electron chi connectivity index (χ0n) is 13.3. The number of hydrogen-bond donors (Lipinski definition) is 0. The zero-order chi connectivity index (χ0) is 16.1. The minimum atomic E-state index is -0.849. The SMILES string of the molecule is O=C1Oc2ccccc2CN2CCN3Cc4ccccc4OCC132. The first-order valence-corrected chi connectivity index (χ1v) is 8.28. The maximum atomic E-state index is 13.1. The summed E-state index contributed by atoms with van der Waals surface area (Å²) in [5.41, 5.74) is 1.31. The number of benzene rings is 2. The molecule has 2 aromatic carbocycles. The molecule has 3 aliphatic rings. The van der Waals surface area contributed by atoms with Gasteiger partial charge in [-0.3, -0.25) is 9.80 Å². The van der Waals surface area contributed by atoms with Gasteiger partial charge >= 0.3 is 5.97 Å². The van der Waals surface area contributed by atoms with Crippen molar-refractivity contribution in [3.8, 4) is 11.5 Å². The third-order valence-corrected chi connectivity index (χ3v) is 5.31. The number of fused-ring (bicyclic) bond motifs is 2. The van der Waals surface area contributed by atoms with Crippen LogP contribution in [-0.4, -0.2) is 41.1 Å². The molecule has 1 atom stereocenters. The van der Waals surface area contributed by atoms with E-state index < -0.39 is 5.66 Å². The molecule has 1 spiro atoms. The predicted octanol–water partition coefficient (Wildman–Crippen LogP) is 2.01. The Morgan fingerprint density at radius 2 is 1.42 bits per heavy atom. The summed E-state index contributed by atoms with van der Waals surface area (Å²) in [6.45, 7) is 3.33. The molecule has 0 amide bonds. The first-order valence-electron chi connectivity index (χ1n) is 8.28. The van der Waals surface area contributed by atoms with Crippen LogP contribution in [0.2, 0.25) is 0 Å². The molecule has 0 bridgehead atoms. The van der Waals surface area contributed by atoms with Gasteiger partial charge in [0.2, 0.25) is 5.66 Å². The summed E-state index contributed by atoms with van der Waals surface area (Å²) in [4.78, 5) is 17.5. The third kappa shape index (κ3) is 1.85. The molecule has 1 fully saturated rings. The van der Waals surface area contributed by atoms with Crippen LogP contribution in [0.5, 0.6) is 11.5 Å². The van der Waals surface area contributed by atoms with Crippen LogP contribution in [0.3, 0.4) is 0 Å². The van der Waals surface area contributed by atoms with E-state index >= 15 is 0 Å². The van der Waals surface area contributed by atoms with E-state index in [9.17, 15) is 4.79 Å². The lowest BCUT2D eigenvalue weighted by atomic mass is 10.1. The minimum Gasteiger partial charge on any atom is -0.489 e. The van der Waals surface area contributed by atoms with Gasteiger partial charge in [0.1, 0.15) is 18.1 Å². The highest BCUT2D eigenvalue weighted by Gasteiger charge is 2.57. The number of nitrogens with zero attached hydrogens (tertiary/aromatic N) is 2. The maximum Gasteiger partial charge on any atom is 0.350 e. The Bertz CT molecular complexity index is 810. The van der Waals surface area contributed by atoms with Gasteiger partial charge in [0, 0.05) is 37.3 Å². The van der Waals surface area contributed by atoms with E-state index in [0.29, 0.717) is 18.8 Å². The van der Waals surface area contributed by atoms with E-state index in [1.807, 2.05) is 42.5 Å². The highest BCUT2D eigenvalue weighted by atomic mass is 16.5. The lowest BCUT2D eigenvalue weighted by Gasteiger charge is -2.37. The topological polar surface area (TPSA) is 42.0 Å². The van der Waals surface area contributed by atoms with Crippen LogP contribution in [0.15, 0.2) is 48.5 Å². The van der Waals surface area contributed by atoms with E-state index in [-0.39, 0.29) is 12.6 Å². The van der Waals surface area contributed by atoms with E-state index in [2.05, 4.69) is 15.9 Å². The van der Waals surface area contributed by atoms with Crippen LogP contribution in [0.1, 0.15) is 11.1 Å². The molecule has 0 N–H and O–H groups in total. The fraction of sp³-hybridized carbons (Fsp3) is 0.316. The van der Waals surface area contributed by atoms with Crippen molar-refractivity contribution in [2.24, 2.45) is 0 Å². The van der Waals surface area contributed by atoms with Crippen LogP contribution in [0.4, 0.5) is 0 Å². The lowest BCUT2D eigenvalue weighted by molar-refractivity contribution is -0.159. The Labute approximate surface area is 140 Å². The molecule has 0 radical (unpaired) electrons. The summed E-state index contributed by atoms with van der Waals surface area (Å²) in [6.07, 6.45) is 0. The van der Waals surface area contributed by atoms with Gasteiger partial charge in [0.15, 0.2) is 0 Å². The first kappa shape index (κ1) is 14.0. The number of carbonyl (C=O) groups excluding carboxylic acids is 1. The smallest absolute Gasteiger partial charge is 0.350 e. The average Bonchev–Trinajstić information content (AvgIpc) is 2.78. The summed E-state index contributed by atoms with van der Waals surface area (Å²) >= 11 is 0. The molecule has 0 aliphatic carbocycles. The van der Waals surface area contributed by atoms with Crippen LogP contribution in [-0.2, 0) is 17.9 Å². The van der Waals surface area contributed by atoms with Crippen molar-refractivity contribution >= 4 is 5.97 Å². The number of ether oxygens (including phenoxy) is 2. The van der Waals surface area contributed by atoms with E-state index in [4.69, 9.17) is 9.47 Å². The van der Waals surface area contributed by atoms with Crippen molar-refractivity contribution < 1.29 is 14.3 Å². The zero-order valence-corrected chi connectivity index (χ0v) is 13.3. The molecule has 1 saturated heterocycles. The Kier molecular flexibility index (Phi) is 2.96. The van der Waals surface area contributed by atoms with Crippen LogP contribution < -0.4 is 9.47 Å². The van der Waals surface area contributed by atoms with Gasteiger partial charge in [-0.1, -0.05) is 36.4 Å². The molecular weight excluding hydrogens is 304 g/mol.